The molecular weight excluding hydrogens is 435 g/mol. The zero-order valence-corrected chi connectivity index (χ0v) is 18.2. The molecule has 4 heterocycles. The minimum Gasteiger partial charge on any atom is -0.475 e. The fourth-order valence-electron chi connectivity index (χ4n) is 4.30. The van der Waals surface area contributed by atoms with Crippen LogP contribution in [0.2, 0.25) is 0 Å². The maximum atomic E-state index is 10.6. The summed E-state index contributed by atoms with van der Waals surface area (Å²) in [6, 6.07) is 2.85. The highest BCUT2D eigenvalue weighted by Crippen LogP contribution is 2.33. The number of carbonyl (C=O) groups is 1. The van der Waals surface area contributed by atoms with Crippen molar-refractivity contribution in [1.29, 1.82) is 0 Å². The summed E-state index contributed by atoms with van der Waals surface area (Å²) in [6.45, 7) is 5.70. The second kappa shape index (κ2) is 11.6. The van der Waals surface area contributed by atoms with E-state index in [0.29, 0.717) is 24.2 Å². The molecule has 1 N–H and O–H groups in total. The molecule has 0 unspecified atom stereocenters. The lowest BCUT2D eigenvalue weighted by molar-refractivity contribution is -0.192. The van der Waals surface area contributed by atoms with Crippen molar-refractivity contribution < 1.29 is 37.3 Å². The third-order valence-corrected chi connectivity index (χ3v) is 6.69. The van der Waals surface area contributed by atoms with Crippen molar-refractivity contribution in [3.63, 3.8) is 0 Å². The number of halogens is 3. The van der Waals surface area contributed by atoms with Crippen molar-refractivity contribution in [2.24, 2.45) is 5.92 Å². The molecule has 3 saturated heterocycles. The number of alkyl halides is 3. The van der Waals surface area contributed by atoms with E-state index in [2.05, 4.69) is 21.7 Å². The number of carboxylic acids is 1. The van der Waals surface area contributed by atoms with Crippen molar-refractivity contribution in [3.05, 3.63) is 22.4 Å². The zero-order chi connectivity index (χ0) is 22.3. The summed E-state index contributed by atoms with van der Waals surface area (Å²) < 4.78 is 49.5. The highest BCUT2D eigenvalue weighted by Gasteiger charge is 2.40. The summed E-state index contributed by atoms with van der Waals surface area (Å²) in [4.78, 5) is 11.5. The Bertz CT molecular complexity index is 666. The molecule has 176 valence electrons. The molecule has 1 aromatic heterocycles. The average Bonchev–Trinajstić information content (AvgIpc) is 3.39. The lowest BCUT2D eigenvalue weighted by Gasteiger charge is -2.36. The standard InChI is InChI=1S/C19H29NO3S.C2HF3O2/c1-2-18-19(3-7-20(18)11-16-6-10-24-14-16)23-17(1)13-22-12-15-4-8-21-9-5-15;3-2(4,5)1(6)7/h6,10,14-15,17-19H,1-5,7-9,11-13H2;(H,6,7)/t17-,18-,19-;/m1./s1. The molecule has 3 aliphatic heterocycles. The first-order chi connectivity index (χ1) is 14.8. The van der Waals surface area contributed by atoms with Crippen LogP contribution in [-0.4, -0.2) is 73.4 Å². The number of aliphatic carboxylic acids is 1. The number of hydrogen-bond donors (Lipinski definition) is 1. The highest BCUT2D eigenvalue weighted by atomic mass is 32.1. The Balaban J connectivity index is 0.000000339. The number of likely N-dealkylation sites (tertiary alicyclic amines) is 1. The van der Waals surface area contributed by atoms with Crippen molar-refractivity contribution in [2.45, 2.75) is 63.1 Å². The summed E-state index contributed by atoms with van der Waals surface area (Å²) in [5, 5.41) is 11.6. The Hall–Kier alpha value is -1.20. The molecule has 4 rings (SSSR count). The molecule has 1 aromatic rings. The summed E-state index contributed by atoms with van der Waals surface area (Å²) in [7, 11) is 0. The molecule has 0 aliphatic carbocycles. The van der Waals surface area contributed by atoms with Gasteiger partial charge in [-0.2, -0.15) is 24.5 Å². The zero-order valence-electron chi connectivity index (χ0n) is 17.4. The minimum absolute atomic E-state index is 0.298. The topological polar surface area (TPSA) is 68.2 Å². The van der Waals surface area contributed by atoms with E-state index in [4.69, 9.17) is 24.1 Å². The molecule has 0 aromatic carbocycles. The number of carboxylic acid groups (broad SMARTS) is 1. The number of rotatable bonds is 6. The highest BCUT2D eigenvalue weighted by molar-refractivity contribution is 7.07. The van der Waals surface area contributed by atoms with Crippen LogP contribution in [0.3, 0.4) is 0 Å². The summed E-state index contributed by atoms with van der Waals surface area (Å²) in [5.74, 6) is -2.07. The molecule has 0 spiro atoms. The van der Waals surface area contributed by atoms with Gasteiger partial charge >= 0.3 is 12.1 Å². The third-order valence-electron chi connectivity index (χ3n) is 5.96. The second-order valence-electron chi connectivity index (χ2n) is 8.23. The Morgan fingerprint density at radius 3 is 2.58 bits per heavy atom. The van der Waals surface area contributed by atoms with Gasteiger partial charge in [-0.05, 0) is 60.4 Å². The minimum atomic E-state index is -5.08. The predicted molar refractivity (Wildman–Crippen MR) is 109 cm³/mol. The lowest BCUT2D eigenvalue weighted by Crippen LogP contribution is -2.43. The van der Waals surface area contributed by atoms with E-state index in [1.54, 1.807) is 11.3 Å². The molecule has 0 bridgehead atoms. The van der Waals surface area contributed by atoms with Gasteiger partial charge in [-0.3, -0.25) is 4.90 Å². The first-order valence-electron chi connectivity index (χ1n) is 10.7. The van der Waals surface area contributed by atoms with Gasteiger partial charge in [-0.1, -0.05) is 0 Å². The number of thiophene rings is 1. The van der Waals surface area contributed by atoms with Crippen molar-refractivity contribution in [3.8, 4) is 0 Å². The van der Waals surface area contributed by atoms with E-state index >= 15 is 0 Å². The van der Waals surface area contributed by atoms with Gasteiger partial charge in [0.05, 0.1) is 18.8 Å². The molecule has 0 radical (unpaired) electrons. The summed E-state index contributed by atoms with van der Waals surface area (Å²) in [6.07, 6.45) is 1.48. The fourth-order valence-corrected chi connectivity index (χ4v) is 4.96. The van der Waals surface area contributed by atoms with Gasteiger partial charge in [0.15, 0.2) is 0 Å². The van der Waals surface area contributed by atoms with Crippen LogP contribution < -0.4 is 0 Å². The van der Waals surface area contributed by atoms with E-state index in [1.807, 2.05) is 0 Å². The smallest absolute Gasteiger partial charge is 0.475 e. The first-order valence-corrected chi connectivity index (χ1v) is 11.6. The Morgan fingerprint density at radius 1 is 1.19 bits per heavy atom. The van der Waals surface area contributed by atoms with E-state index in [0.717, 1.165) is 52.2 Å². The van der Waals surface area contributed by atoms with Gasteiger partial charge in [0.1, 0.15) is 0 Å². The van der Waals surface area contributed by atoms with Crippen molar-refractivity contribution >= 4 is 17.3 Å². The Labute approximate surface area is 184 Å². The quantitative estimate of drug-likeness (QED) is 0.686. The monoisotopic (exact) mass is 465 g/mol. The van der Waals surface area contributed by atoms with Gasteiger partial charge < -0.3 is 19.3 Å². The van der Waals surface area contributed by atoms with Gasteiger partial charge in [0.25, 0.3) is 0 Å². The van der Waals surface area contributed by atoms with Crippen LogP contribution in [0.5, 0.6) is 0 Å². The molecule has 6 nitrogen and oxygen atoms in total. The van der Waals surface area contributed by atoms with E-state index in [9.17, 15) is 13.2 Å². The van der Waals surface area contributed by atoms with E-state index in [1.165, 1.54) is 24.9 Å². The SMILES string of the molecule is O=C(O)C(F)(F)F.c1cc(CN2CC[C@H]3O[C@@H](COCC4CCOCC4)CC[C@H]32)cs1. The van der Waals surface area contributed by atoms with Gasteiger partial charge in [0, 0.05) is 39.0 Å². The number of ether oxygens (including phenoxy) is 3. The molecule has 31 heavy (non-hydrogen) atoms. The Kier molecular flexibility index (Phi) is 9.15. The van der Waals surface area contributed by atoms with Crippen molar-refractivity contribution in [2.75, 3.05) is 33.0 Å². The number of nitrogens with zero attached hydrogens (tertiary/aromatic N) is 1. The normalized spacial score (nSPS) is 27.4. The molecule has 0 amide bonds. The number of fused-ring (bicyclic) bond motifs is 1. The van der Waals surface area contributed by atoms with Crippen LogP contribution in [0.4, 0.5) is 13.2 Å². The van der Waals surface area contributed by atoms with Crippen molar-refractivity contribution in [1.82, 2.24) is 4.90 Å². The predicted octanol–water partition coefficient (Wildman–Crippen LogP) is 3.95. The van der Waals surface area contributed by atoms with Crippen LogP contribution >= 0.6 is 11.3 Å². The molecular formula is C21H30F3NO5S. The first kappa shape index (κ1) is 24.4. The van der Waals surface area contributed by atoms with Crippen LogP contribution in [0.25, 0.3) is 0 Å². The largest absolute Gasteiger partial charge is 0.490 e. The fraction of sp³-hybridized carbons (Fsp3) is 0.762. The average molecular weight is 466 g/mol. The van der Waals surface area contributed by atoms with Gasteiger partial charge in [-0.25, -0.2) is 4.79 Å². The Morgan fingerprint density at radius 2 is 1.94 bits per heavy atom. The van der Waals surface area contributed by atoms with Crippen LogP contribution in [0.1, 0.15) is 37.7 Å². The third kappa shape index (κ3) is 7.71. The number of hydrogen-bond acceptors (Lipinski definition) is 6. The van der Waals surface area contributed by atoms with Gasteiger partial charge in [0.2, 0.25) is 0 Å². The maximum Gasteiger partial charge on any atom is 0.490 e. The van der Waals surface area contributed by atoms with Gasteiger partial charge in [-0.15, -0.1) is 0 Å². The molecule has 3 aliphatic rings. The van der Waals surface area contributed by atoms with Crippen LogP contribution in [0.15, 0.2) is 16.8 Å². The molecule has 10 heteroatoms. The summed E-state index contributed by atoms with van der Waals surface area (Å²) in [5.41, 5.74) is 1.45. The maximum absolute atomic E-state index is 10.6. The summed E-state index contributed by atoms with van der Waals surface area (Å²) >= 11 is 1.79. The molecule has 3 atom stereocenters. The molecule has 0 saturated carbocycles. The van der Waals surface area contributed by atoms with E-state index in [-0.39, 0.29) is 0 Å². The van der Waals surface area contributed by atoms with Crippen LogP contribution in [-0.2, 0) is 25.5 Å². The second-order valence-corrected chi connectivity index (χ2v) is 9.01. The molecule has 3 fully saturated rings. The van der Waals surface area contributed by atoms with E-state index < -0.39 is 12.1 Å². The lowest BCUT2D eigenvalue weighted by atomic mass is 9.99. The van der Waals surface area contributed by atoms with Crippen LogP contribution in [0, 0.1) is 5.92 Å².